The van der Waals surface area contributed by atoms with E-state index in [2.05, 4.69) is 17.0 Å². The van der Waals surface area contributed by atoms with Crippen molar-refractivity contribution in [1.29, 1.82) is 0 Å². The fourth-order valence-electron chi connectivity index (χ4n) is 2.32. The molecule has 1 aliphatic heterocycles. The number of aryl methyl sites for hydroxylation is 1. The summed E-state index contributed by atoms with van der Waals surface area (Å²) in [5.41, 5.74) is 0. The van der Waals surface area contributed by atoms with E-state index in [9.17, 15) is 8.42 Å². The van der Waals surface area contributed by atoms with Gasteiger partial charge >= 0.3 is 0 Å². The van der Waals surface area contributed by atoms with Crippen LogP contribution in [0.3, 0.4) is 0 Å². The van der Waals surface area contributed by atoms with Crippen LogP contribution in [0.15, 0.2) is 15.4 Å². The minimum atomic E-state index is -3.47. The van der Waals surface area contributed by atoms with Crippen LogP contribution in [0.25, 0.3) is 0 Å². The van der Waals surface area contributed by atoms with E-state index in [0.29, 0.717) is 30.5 Å². The molecule has 2 N–H and O–H groups in total. The molecule has 21 heavy (non-hydrogen) atoms. The summed E-state index contributed by atoms with van der Waals surface area (Å²) in [6.45, 7) is 5.75. The molecule has 1 saturated heterocycles. The summed E-state index contributed by atoms with van der Waals surface area (Å²) in [7, 11) is -3.47. The lowest BCUT2D eigenvalue weighted by atomic mass is 10.1. The van der Waals surface area contributed by atoms with Crippen LogP contribution in [-0.2, 0) is 16.6 Å². The third-order valence-corrected chi connectivity index (χ3v) is 6.29. The molecule has 1 aromatic heterocycles. The molecule has 0 aliphatic carbocycles. The highest BCUT2D eigenvalue weighted by atomic mass is 32.2. The van der Waals surface area contributed by atoms with Gasteiger partial charge in [-0.05, 0) is 43.7 Å². The van der Waals surface area contributed by atoms with Crippen LogP contribution in [-0.4, -0.2) is 33.0 Å². The van der Waals surface area contributed by atoms with E-state index in [1.165, 1.54) is 0 Å². The lowest BCUT2D eigenvalue weighted by Crippen LogP contribution is -2.29. The first-order valence-electron chi connectivity index (χ1n) is 7.40. The third kappa shape index (κ3) is 4.74. The number of hydrogen-bond donors (Lipinski definition) is 2. The highest BCUT2D eigenvalue weighted by Gasteiger charge is 2.23. The monoisotopic (exact) mass is 332 g/mol. The van der Waals surface area contributed by atoms with Crippen LogP contribution in [0, 0.1) is 12.8 Å². The fraction of sp³-hybridized carbons (Fsp3) is 0.714. The molecule has 2 heterocycles. The first kappa shape index (κ1) is 16.9. The molecule has 0 aromatic carbocycles. The lowest BCUT2D eigenvalue weighted by molar-refractivity contribution is 0.457. The van der Waals surface area contributed by atoms with E-state index in [4.69, 9.17) is 4.42 Å². The standard InChI is InChI=1S/C14H24N2O3S2/c1-3-5-15-9-13-7-14(11(2)19-13)21(17,18)16-8-12-4-6-20-10-12/h7,12,15-16H,3-6,8-10H2,1-2H3. The molecule has 0 saturated carbocycles. The Labute approximate surface area is 131 Å². The van der Waals surface area contributed by atoms with Crippen molar-refractivity contribution in [2.24, 2.45) is 5.92 Å². The molecule has 5 nitrogen and oxygen atoms in total. The zero-order chi connectivity index (χ0) is 15.3. The fourth-order valence-corrected chi connectivity index (χ4v) is 4.92. The van der Waals surface area contributed by atoms with Gasteiger partial charge in [0.15, 0.2) is 0 Å². The summed E-state index contributed by atoms with van der Waals surface area (Å²) in [6.07, 6.45) is 2.12. The maximum absolute atomic E-state index is 12.4. The van der Waals surface area contributed by atoms with Crippen LogP contribution in [0.4, 0.5) is 0 Å². The first-order valence-corrected chi connectivity index (χ1v) is 10.0. The zero-order valence-electron chi connectivity index (χ0n) is 12.6. The van der Waals surface area contributed by atoms with Gasteiger partial charge in [-0.15, -0.1) is 0 Å². The Hall–Kier alpha value is -0.500. The second kappa shape index (κ2) is 7.67. The van der Waals surface area contributed by atoms with E-state index in [-0.39, 0.29) is 4.90 Å². The average molecular weight is 332 g/mol. The molecule has 120 valence electrons. The van der Waals surface area contributed by atoms with Crippen molar-refractivity contribution in [2.45, 2.75) is 38.1 Å². The highest BCUT2D eigenvalue weighted by Crippen LogP contribution is 2.24. The van der Waals surface area contributed by atoms with Gasteiger partial charge in [0.1, 0.15) is 16.4 Å². The van der Waals surface area contributed by atoms with Crippen LogP contribution < -0.4 is 10.0 Å². The van der Waals surface area contributed by atoms with E-state index in [0.717, 1.165) is 30.9 Å². The number of rotatable bonds is 8. The summed E-state index contributed by atoms with van der Waals surface area (Å²) in [4.78, 5) is 0.265. The molecule has 7 heteroatoms. The van der Waals surface area contributed by atoms with Crippen LogP contribution in [0.5, 0.6) is 0 Å². The van der Waals surface area contributed by atoms with E-state index in [1.807, 2.05) is 11.8 Å². The number of furan rings is 1. The van der Waals surface area contributed by atoms with Crippen LogP contribution in [0.2, 0.25) is 0 Å². The summed E-state index contributed by atoms with van der Waals surface area (Å²) in [5, 5.41) is 3.21. The maximum atomic E-state index is 12.4. The molecule has 1 unspecified atom stereocenters. The van der Waals surface area contributed by atoms with Crippen molar-refractivity contribution in [2.75, 3.05) is 24.6 Å². The smallest absolute Gasteiger partial charge is 0.244 e. The van der Waals surface area contributed by atoms with Gasteiger partial charge in [0.2, 0.25) is 10.0 Å². The molecule has 1 aromatic rings. The van der Waals surface area contributed by atoms with Crippen molar-refractivity contribution in [3.8, 4) is 0 Å². The molecule has 1 atom stereocenters. The molecular formula is C14H24N2O3S2. The van der Waals surface area contributed by atoms with Crippen molar-refractivity contribution >= 4 is 21.8 Å². The van der Waals surface area contributed by atoms with Gasteiger partial charge in [-0.25, -0.2) is 13.1 Å². The zero-order valence-corrected chi connectivity index (χ0v) is 14.3. The predicted octanol–water partition coefficient (Wildman–Crippen LogP) is 2.12. The summed E-state index contributed by atoms with van der Waals surface area (Å²) in [5.74, 6) is 3.74. The van der Waals surface area contributed by atoms with Crippen LogP contribution in [0.1, 0.15) is 31.3 Å². The van der Waals surface area contributed by atoms with Gasteiger partial charge in [-0.2, -0.15) is 11.8 Å². The average Bonchev–Trinajstić information content (AvgIpc) is 3.07. The van der Waals surface area contributed by atoms with E-state index < -0.39 is 10.0 Å². The SMILES string of the molecule is CCCNCc1cc(S(=O)(=O)NCC2CCSC2)c(C)o1. The highest BCUT2D eigenvalue weighted by molar-refractivity contribution is 7.99. The number of sulfonamides is 1. The predicted molar refractivity (Wildman–Crippen MR) is 86.1 cm³/mol. The van der Waals surface area contributed by atoms with Gasteiger partial charge < -0.3 is 9.73 Å². The van der Waals surface area contributed by atoms with Crippen molar-refractivity contribution in [1.82, 2.24) is 10.0 Å². The molecule has 0 spiro atoms. The first-order chi connectivity index (χ1) is 10.0. The number of thioether (sulfide) groups is 1. The maximum Gasteiger partial charge on any atom is 0.244 e. The Morgan fingerprint density at radius 2 is 2.29 bits per heavy atom. The Morgan fingerprint density at radius 1 is 1.48 bits per heavy atom. The second-order valence-electron chi connectivity index (χ2n) is 5.39. The van der Waals surface area contributed by atoms with E-state index >= 15 is 0 Å². The lowest BCUT2D eigenvalue weighted by Gasteiger charge is -2.09. The van der Waals surface area contributed by atoms with Gasteiger partial charge in [-0.1, -0.05) is 6.92 Å². The minimum Gasteiger partial charge on any atom is -0.464 e. The normalized spacial score (nSPS) is 19.2. The second-order valence-corrected chi connectivity index (χ2v) is 8.28. The Balaban J connectivity index is 1.97. The molecule has 1 aliphatic rings. The largest absolute Gasteiger partial charge is 0.464 e. The molecule has 0 bridgehead atoms. The van der Waals surface area contributed by atoms with Gasteiger partial charge in [0, 0.05) is 12.6 Å². The van der Waals surface area contributed by atoms with Gasteiger partial charge in [0.25, 0.3) is 0 Å². The summed E-state index contributed by atoms with van der Waals surface area (Å²) >= 11 is 1.89. The number of hydrogen-bond acceptors (Lipinski definition) is 5. The quantitative estimate of drug-likeness (QED) is 0.714. The summed E-state index contributed by atoms with van der Waals surface area (Å²) in [6, 6.07) is 1.63. The number of nitrogens with one attached hydrogen (secondary N) is 2. The van der Waals surface area contributed by atoms with Crippen LogP contribution >= 0.6 is 11.8 Å². The molecular weight excluding hydrogens is 308 g/mol. The van der Waals surface area contributed by atoms with Gasteiger partial charge in [0.05, 0.1) is 6.54 Å². The topological polar surface area (TPSA) is 71.3 Å². The van der Waals surface area contributed by atoms with Crippen molar-refractivity contribution in [3.05, 3.63) is 17.6 Å². The van der Waals surface area contributed by atoms with Crippen molar-refractivity contribution in [3.63, 3.8) is 0 Å². The Bertz CT molecular complexity index is 549. The van der Waals surface area contributed by atoms with E-state index in [1.54, 1.807) is 13.0 Å². The Morgan fingerprint density at radius 3 is 2.95 bits per heavy atom. The molecule has 2 rings (SSSR count). The Kier molecular flexibility index (Phi) is 6.16. The molecule has 0 amide bonds. The summed E-state index contributed by atoms with van der Waals surface area (Å²) < 4.78 is 33.0. The third-order valence-electron chi connectivity index (χ3n) is 3.52. The van der Waals surface area contributed by atoms with Gasteiger partial charge in [-0.3, -0.25) is 0 Å². The minimum absolute atomic E-state index is 0.265. The van der Waals surface area contributed by atoms with Crippen molar-refractivity contribution < 1.29 is 12.8 Å². The molecule has 1 fully saturated rings. The molecule has 0 radical (unpaired) electrons.